The molecular weight excluding hydrogens is 561 g/mol. The van der Waals surface area contributed by atoms with Crippen LogP contribution in [0, 0.1) is 11.3 Å². The number of hydrogen-bond acceptors (Lipinski definition) is 4. The Hall–Kier alpha value is -1.34. The lowest BCUT2D eigenvalue weighted by Crippen LogP contribution is -2.40. The summed E-state index contributed by atoms with van der Waals surface area (Å²) in [5.41, 5.74) is 1.71. The lowest BCUT2D eigenvalue weighted by Gasteiger charge is -2.37. The summed E-state index contributed by atoms with van der Waals surface area (Å²) in [6.07, 6.45) is 10.3. The highest BCUT2D eigenvalue weighted by Crippen LogP contribution is 2.39. The summed E-state index contributed by atoms with van der Waals surface area (Å²) in [4.78, 5) is 14.6. The van der Waals surface area contributed by atoms with Gasteiger partial charge in [-0.1, -0.05) is 68.0 Å². The van der Waals surface area contributed by atoms with E-state index >= 15 is 0 Å². The monoisotopic (exact) mass is 605 g/mol. The molecule has 2 aromatic carbocycles. The van der Waals surface area contributed by atoms with Crippen LogP contribution in [0.4, 0.5) is 0 Å². The van der Waals surface area contributed by atoms with Crippen LogP contribution < -0.4 is 4.74 Å². The standard InChI is InChI=1S/C31H44INO3/c1-31(2,3)26-11-14-28(15-12-26)36-29-13-10-24-20-23(8-9-25(24)21-29)22-33(27-6-4-7-27)18-16-30(34)35-19-5-17-32/h8-10,13,20-21,26-28H,4-7,11-12,14-19,22H2,1-3H3. The molecule has 0 unspecified atom stereocenters. The van der Waals surface area contributed by atoms with Crippen molar-refractivity contribution in [3.63, 3.8) is 0 Å². The summed E-state index contributed by atoms with van der Waals surface area (Å²) >= 11 is 2.32. The number of benzene rings is 2. The maximum Gasteiger partial charge on any atom is 0.307 e. The number of rotatable bonds is 11. The molecule has 0 aliphatic heterocycles. The van der Waals surface area contributed by atoms with E-state index in [1.54, 1.807) is 0 Å². The summed E-state index contributed by atoms with van der Waals surface area (Å²) in [7, 11) is 0. The molecule has 0 saturated heterocycles. The summed E-state index contributed by atoms with van der Waals surface area (Å²) in [6, 6.07) is 13.9. The van der Waals surface area contributed by atoms with Crippen molar-refractivity contribution >= 4 is 39.3 Å². The van der Waals surface area contributed by atoms with Gasteiger partial charge in [-0.15, -0.1) is 0 Å². The Kier molecular flexibility index (Phi) is 9.96. The lowest BCUT2D eigenvalue weighted by molar-refractivity contribution is -0.144. The van der Waals surface area contributed by atoms with Crippen molar-refractivity contribution in [3.8, 4) is 5.75 Å². The first-order chi connectivity index (χ1) is 17.3. The predicted molar refractivity (Wildman–Crippen MR) is 157 cm³/mol. The van der Waals surface area contributed by atoms with Crippen LogP contribution in [0.15, 0.2) is 36.4 Å². The quantitative estimate of drug-likeness (QED) is 0.113. The van der Waals surface area contributed by atoms with Crippen LogP contribution in [0.2, 0.25) is 0 Å². The maximum atomic E-state index is 12.1. The van der Waals surface area contributed by atoms with Crippen LogP contribution in [0.3, 0.4) is 0 Å². The number of nitrogens with zero attached hydrogens (tertiary/aromatic N) is 1. The smallest absolute Gasteiger partial charge is 0.307 e. The molecule has 4 nitrogen and oxygen atoms in total. The minimum Gasteiger partial charge on any atom is -0.490 e. The van der Waals surface area contributed by atoms with Gasteiger partial charge in [0.2, 0.25) is 0 Å². The fraction of sp³-hybridized carbons (Fsp3) is 0.645. The van der Waals surface area contributed by atoms with E-state index < -0.39 is 0 Å². The van der Waals surface area contributed by atoms with Gasteiger partial charge in [-0.2, -0.15) is 0 Å². The van der Waals surface area contributed by atoms with E-state index in [0.29, 0.717) is 30.6 Å². The number of fused-ring (bicyclic) bond motifs is 1. The topological polar surface area (TPSA) is 38.8 Å². The summed E-state index contributed by atoms with van der Waals surface area (Å²) < 4.78 is 12.8. The van der Waals surface area contributed by atoms with E-state index in [2.05, 4.69) is 84.7 Å². The van der Waals surface area contributed by atoms with E-state index in [1.165, 1.54) is 48.4 Å². The highest BCUT2D eigenvalue weighted by molar-refractivity contribution is 14.1. The fourth-order valence-corrected chi connectivity index (χ4v) is 5.92. The van der Waals surface area contributed by atoms with Crippen molar-refractivity contribution in [2.24, 2.45) is 11.3 Å². The van der Waals surface area contributed by atoms with Gasteiger partial charge in [-0.25, -0.2) is 0 Å². The minimum atomic E-state index is -0.0675. The summed E-state index contributed by atoms with van der Waals surface area (Å²) in [5, 5.41) is 2.48. The third-order valence-electron chi connectivity index (χ3n) is 8.20. The Morgan fingerprint density at radius 3 is 2.39 bits per heavy atom. The first-order valence-electron chi connectivity index (χ1n) is 14.0. The Balaban J connectivity index is 1.33. The van der Waals surface area contributed by atoms with E-state index in [1.807, 2.05) is 0 Å². The summed E-state index contributed by atoms with van der Waals surface area (Å²) in [6.45, 7) is 9.30. The van der Waals surface area contributed by atoms with Gasteiger partial charge in [0.15, 0.2) is 0 Å². The second-order valence-corrected chi connectivity index (χ2v) is 12.9. The van der Waals surface area contributed by atoms with Crippen molar-refractivity contribution in [1.82, 2.24) is 4.90 Å². The molecule has 0 heterocycles. The zero-order chi connectivity index (χ0) is 25.5. The van der Waals surface area contributed by atoms with Crippen molar-refractivity contribution in [1.29, 1.82) is 0 Å². The van der Waals surface area contributed by atoms with Crippen LogP contribution in [0.1, 0.15) is 84.1 Å². The molecule has 0 aromatic heterocycles. The Morgan fingerprint density at radius 2 is 1.72 bits per heavy atom. The van der Waals surface area contributed by atoms with Crippen LogP contribution in [0.5, 0.6) is 5.75 Å². The molecule has 0 spiro atoms. The second kappa shape index (κ2) is 12.9. The zero-order valence-electron chi connectivity index (χ0n) is 22.4. The molecule has 2 saturated carbocycles. The van der Waals surface area contributed by atoms with Crippen molar-refractivity contribution in [3.05, 3.63) is 42.0 Å². The van der Waals surface area contributed by atoms with E-state index in [9.17, 15) is 4.79 Å². The lowest BCUT2D eigenvalue weighted by atomic mass is 9.72. The highest BCUT2D eigenvalue weighted by Gasteiger charge is 2.30. The summed E-state index contributed by atoms with van der Waals surface area (Å²) in [5.74, 6) is 1.73. The largest absolute Gasteiger partial charge is 0.490 e. The minimum absolute atomic E-state index is 0.0675. The van der Waals surface area contributed by atoms with Gasteiger partial charge in [-0.3, -0.25) is 9.69 Å². The van der Waals surface area contributed by atoms with Crippen LogP contribution >= 0.6 is 22.6 Å². The van der Waals surface area contributed by atoms with Gasteiger partial charge in [0.25, 0.3) is 0 Å². The molecule has 2 aromatic rings. The van der Waals surface area contributed by atoms with Crippen LogP contribution in [-0.2, 0) is 16.1 Å². The molecule has 2 fully saturated rings. The van der Waals surface area contributed by atoms with E-state index in [4.69, 9.17) is 9.47 Å². The SMILES string of the molecule is CC(C)(C)C1CCC(Oc2ccc3cc(CN(CCC(=O)OCCCI)C4CCC4)ccc3c2)CC1. The molecule has 36 heavy (non-hydrogen) atoms. The van der Waals surface area contributed by atoms with Crippen molar-refractivity contribution in [2.45, 2.75) is 97.2 Å². The third-order valence-corrected chi connectivity index (χ3v) is 8.96. The van der Waals surface area contributed by atoms with Crippen LogP contribution in [-0.4, -0.2) is 40.6 Å². The zero-order valence-corrected chi connectivity index (χ0v) is 24.6. The molecule has 4 rings (SSSR count). The molecule has 2 aliphatic rings. The second-order valence-electron chi connectivity index (χ2n) is 11.9. The Bertz CT molecular complexity index is 989. The molecule has 0 amide bonds. The maximum absolute atomic E-state index is 12.1. The average molecular weight is 606 g/mol. The molecule has 5 heteroatoms. The predicted octanol–water partition coefficient (Wildman–Crippen LogP) is 7.94. The Labute approximate surface area is 231 Å². The van der Waals surface area contributed by atoms with Crippen molar-refractivity contribution < 1.29 is 14.3 Å². The van der Waals surface area contributed by atoms with Gasteiger partial charge in [-0.05, 0) is 90.8 Å². The van der Waals surface area contributed by atoms with Gasteiger partial charge in [0, 0.05) is 23.6 Å². The molecule has 2 aliphatic carbocycles. The molecule has 0 radical (unpaired) electrons. The molecule has 198 valence electrons. The molecular formula is C31H44INO3. The average Bonchev–Trinajstić information content (AvgIpc) is 2.81. The number of esters is 1. The first kappa shape index (κ1) is 27.7. The molecule has 0 atom stereocenters. The van der Waals surface area contributed by atoms with E-state index in [-0.39, 0.29) is 5.97 Å². The van der Waals surface area contributed by atoms with Crippen molar-refractivity contribution in [2.75, 3.05) is 17.6 Å². The first-order valence-corrected chi connectivity index (χ1v) is 15.5. The number of carbonyl (C=O) groups is 1. The normalized spacial score (nSPS) is 20.9. The number of halogens is 1. The fourth-order valence-electron chi connectivity index (χ4n) is 5.61. The third kappa shape index (κ3) is 7.83. The van der Waals surface area contributed by atoms with E-state index in [0.717, 1.165) is 48.4 Å². The number of ether oxygens (including phenoxy) is 2. The van der Waals surface area contributed by atoms with Gasteiger partial charge in [0.05, 0.1) is 19.1 Å². The molecule has 0 N–H and O–H groups in total. The van der Waals surface area contributed by atoms with Gasteiger partial charge in [0.1, 0.15) is 5.75 Å². The van der Waals surface area contributed by atoms with Crippen LogP contribution in [0.25, 0.3) is 10.8 Å². The van der Waals surface area contributed by atoms with Gasteiger partial charge < -0.3 is 9.47 Å². The number of hydrogen-bond donors (Lipinski definition) is 0. The highest BCUT2D eigenvalue weighted by atomic mass is 127. The Morgan fingerprint density at radius 1 is 1.00 bits per heavy atom. The number of alkyl halides is 1. The van der Waals surface area contributed by atoms with Gasteiger partial charge >= 0.3 is 5.97 Å². The molecule has 0 bridgehead atoms. The number of carbonyl (C=O) groups excluding carboxylic acids is 1.